The number of carbonyl (C=O) groups is 6. The zero-order valence-electron chi connectivity index (χ0n) is 35.8. The summed E-state index contributed by atoms with van der Waals surface area (Å²) in [4.78, 5) is 71.6. The molecule has 1 saturated carbocycles. The smallest absolute Gasteiger partial charge is 0.326 e. The molecule has 61 heavy (non-hydrogen) atoms. The number of unbranched alkanes of at least 4 members (excludes halogenated alkanes) is 1. The van der Waals surface area contributed by atoms with E-state index in [0.717, 1.165) is 23.3 Å². The van der Waals surface area contributed by atoms with Gasteiger partial charge in [-0.2, -0.15) is 10.2 Å². The van der Waals surface area contributed by atoms with Crippen LogP contribution < -0.4 is 21.3 Å². The van der Waals surface area contributed by atoms with E-state index in [2.05, 4.69) is 31.5 Å². The molecule has 1 aromatic carbocycles. The van der Waals surface area contributed by atoms with E-state index in [1.165, 1.54) is 0 Å². The minimum atomic E-state index is -1.50. The van der Waals surface area contributed by atoms with Gasteiger partial charge >= 0.3 is 23.9 Å². The summed E-state index contributed by atoms with van der Waals surface area (Å²) in [5, 5.41) is 57.8. The van der Waals surface area contributed by atoms with E-state index in [-0.39, 0.29) is 55.9 Å². The lowest BCUT2D eigenvalue weighted by Gasteiger charge is -2.36. The summed E-state index contributed by atoms with van der Waals surface area (Å²) in [7, 11) is 0. The number of rotatable bonds is 25. The standard InChI is InChI=1S/C43H65FN6O11/c1-5-42(4,44)21-24-61-41(2,3)20-23-46-35(52)26-43(60)18-8-9-31-30(17-19-43)27-47-50-37(31)29-13-11-28(12-14-29)25-34(51)45-22-7-6-10-32(38(55)56)48-40(59)49-33(39(57)58)15-16-36(53)54/h11-14,27,30-33,60H,5-10,15-26H2,1-4H3,(H,45,51)(H,46,52)(H,53,54)(H,55,56)(H,57,58)(H2,48,49,59)/t30?,31?,32?,33?,42?,43-/m1/s1. The van der Waals surface area contributed by atoms with Crippen molar-refractivity contribution in [3.8, 4) is 0 Å². The Hall–Kier alpha value is -4.97. The van der Waals surface area contributed by atoms with Crippen molar-refractivity contribution >= 4 is 47.7 Å². The Bertz CT molecular complexity index is 1720. The van der Waals surface area contributed by atoms with Gasteiger partial charge in [-0.1, -0.05) is 31.2 Å². The molecule has 1 aliphatic heterocycles. The number of halogens is 1. The third-order valence-corrected chi connectivity index (χ3v) is 11.5. The third kappa shape index (κ3) is 18.3. The molecule has 1 fully saturated rings. The second-order valence-corrected chi connectivity index (χ2v) is 17.1. The van der Waals surface area contributed by atoms with Crippen molar-refractivity contribution < 1.29 is 58.3 Å². The SMILES string of the molecule is CCC(C)(F)CCOC(C)(C)CCNC(=O)C[C@@]1(O)CCCC2C(c3ccc(CC(=O)NCCCCC(NC(=O)NC(CCC(=O)O)C(=O)O)C(=O)O)cc3)=NN=CC2CC1. The van der Waals surface area contributed by atoms with Gasteiger partial charge in [0.2, 0.25) is 11.8 Å². The molecule has 1 heterocycles. The topological polar surface area (TPSA) is 265 Å². The highest BCUT2D eigenvalue weighted by molar-refractivity contribution is 6.04. The second kappa shape index (κ2) is 23.9. The summed E-state index contributed by atoms with van der Waals surface area (Å²) in [6.45, 7) is 8.15. The first-order valence-corrected chi connectivity index (χ1v) is 21.2. The van der Waals surface area contributed by atoms with Gasteiger partial charge in [0, 0.05) is 44.0 Å². The van der Waals surface area contributed by atoms with Crippen LogP contribution in [0.5, 0.6) is 0 Å². The predicted molar refractivity (Wildman–Crippen MR) is 225 cm³/mol. The van der Waals surface area contributed by atoms with E-state index >= 15 is 0 Å². The summed E-state index contributed by atoms with van der Waals surface area (Å²) in [6, 6.07) is 3.67. The first-order chi connectivity index (χ1) is 28.7. The average Bonchev–Trinajstić information content (AvgIpc) is 3.17. The fraction of sp³-hybridized carbons (Fsp3) is 0.674. The molecule has 0 radical (unpaired) electrons. The molecule has 0 bridgehead atoms. The van der Waals surface area contributed by atoms with Crippen molar-refractivity contribution in [1.29, 1.82) is 0 Å². The van der Waals surface area contributed by atoms with Gasteiger partial charge in [-0.25, -0.2) is 18.8 Å². The molecule has 6 atom stereocenters. The number of carboxylic acid groups (broad SMARTS) is 3. The number of urea groups is 1. The number of aliphatic hydroxyl groups is 1. The average molecular weight is 861 g/mol. The van der Waals surface area contributed by atoms with Gasteiger partial charge < -0.3 is 46.4 Å². The van der Waals surface area contributed by atoms with Crippen LogP contribution in [0.3, 0.4) is 0 Å². The van der Waals surface area contributed by atoms with Crippen LogP contribution in [-0.4, -0.2) is 117 Å². The first-order valence-electron chi connectivity index (χ1n) is 21.2. The number of benzene rings is 1. The molecule has 1 aliphatic carbocycles. The number of nitrogens with one attached hydrogen (secondary N) is 4. The Labute approximate surface area is 356 Å². The van der Waals surface area contributed by atoms with Crippen molar-refractivity contribution in [3.05, 3.63) is 35.4 Å². The molecule has 18 heteroatoms. The van der Waals surface area contributed by atoms with E-state index < -0.39 is 59.3 Å². The summed E-state index contributed by atoms with van der Waals surface area (Å²) in [5.74, 6) is -4.36. The first kappa shape index (κ1) is 50.4. The number of aliphatic carboxylic acids is 3. The molecule has 8 N–H and O–H groups in total. The molecule has 4 amide bonds. The van der Waals surface area contributed by atoms with E-state index in [1.807, 2.05) is 51.3 Å². The highest BCUT2D eigenvalue weighted by Gasteiger charge is 2.37. The number of carboxylic acids is 3. The lowest BCUT2D eigenvalue weighted by Crippen LogP contribution is -2.51. The monoisotopic (exact) mass is 860 g/mol. The van der Waals surface area contributed by atoms with E-state index in [0.29, 0.717) is 70.9 Å². The number of carbonyl (C=O) groups excluding carboxylic acids is 3. The van der Waals surface area contributed by atoms with E-state index in [9.17, 15) is 48.5 Å². The van der Waals surface area contributed by atoms with Crippen molar-refractivity contribution in [1.82, 2.24) is 21.3 Å². The Morgan fingerprint density at radius 3 is 2.18 bits per heavy atom. The van der Waals surface area contributed by atoms with Crippen LogP contribution in [0.1, 0.15) is 129 Å². The zero-order chi connectivity index (χ0) is 45.2. The van der Waals surface area contributed by atoms with Crippen LogP contribution in [0.15, 0.2) is 34.5 Å². The van der Waals surface area contributed by atoms with Crippen molar-refractivity contribution in [2.75, 3.05) is 19.7 Å². The summed E-state index contributed by atoms with van der Waals surface area (Å²) >= 11 is 0. The zero-order valence-corrected chi connectivity index (χ0v) is 35.8. The highest BCUT2D eigenvalue weighted by atomic mass is 19.1. The quantitative estimate of drug-likeness (QED) is 0.0634. The Morgan fingerprint density at radius 2 is 1.54 bits per heavy atom. The lowest BCUT2D eigenvalue weighted by atomic mass is 9.73. The van der Waals surface area contributed by atoms with Crippen LogP contribution in [0.2, 0.25) is 0 Å². The van der Waals surface area contributed by atoms with Crippen molar-refractivity contribution in [2.45, 2.75) is 153 Å². The van der Waals surface area contributed by atoms with Crippen LogP contribution in [0.4, 0.5) is 9.18 Å². The normalized spacial score (nSPS) is 20.9. The number of hydrogen-bond donors (Lipinski definition) is 8. The number of nitrogens with zero attached hydrogens (tertiary/aromatic N) is 2. The molecule has 5 unspecified atom stereocenters. The van der Waals surface area contributed by atoms with Gasteiger partial charge in [0.1, 0.15) is 17.8 Å². The maximum absolute atomic E-state index is 14.2. The third-order valence-electron chi connectivity index (χ3n) is 11.5. The summed E-state index contributed by atoms with van der Waals surface area (Å²) in [6.07, 6.45) is 6.08. The number of hydrogen-bond acceptors (Lipinski definition) is 10. The van der Waals surface area contributed by atoms with E-state index in [4.69, 9.17) is 9.84 Å². The maximum Gasteiger partial charge on any atom is 0.326 e. The van der Waals surface area contributed by atoms with Crippen LogP contribution in [-0.2, 0) is 35.1 Å². The summed E-state index contributed by atoms with van der Waals surface area (Å²) in [5.41, 5.74) is -0.441. The second-order valence-electron chi connectivity index (χ2n) is 17.1. The van der Waals surface area contributed by atoms with Gasteiger partial charge in [-0.05, 0) is 103 Å². The van der Waals surface area contributed by atoms with Crippen molar-refractivity contribution in [3.63, 3.8) is 0 Å². The Morgan fingerprint density at radius 1 is 0.885 bits per heavy atom. The lowest BCUT2D eigenvalue weighted by molar-refractivity contribution is -0.141. The van der Waals surface area contributed by atoms with Gasteiger partial charge in [-0.15, -0.1) is 0 Å². The Kier molecular flexibility index (Phi) is 19.7. The van der Waals surface area contributed by atoms with E-state index in [1.54, 1.807) is 6.92 Å². The molecule has 0 spiro atoms. The minimum absolute atomic E-state index is 0.00389. The molecule has 17 nitrogen and oxygen atoms in total. The predicted octanol–water partition coefficient (Wildman–Crippen LogP) is 4.52. The fourth-order valence-corrected chi connectivity index (χ4v) is 7.39. The molecule has 2 aliphatic rings. The van der Waals surface area contributed by atoms with Crippen LogP contribution >= 0.6 is 0 Å². The molecule has 1 aromatic rings. The van der Waals surface area contributed by atoms with Crippen LogP contribution in [0.25, 0.3) is 0 Å². The molecule has 3 rings (SSSR count). The fourth-order valence-electron chi connectivity index (χ4n) is 7.39. The highest BCUT2D eigenvalue weighted by Crippen LogP contribution is 2.37. The molecule has 0 aromatic heterocycles. The van der Waals surface area contributed by atoms with Gasteiger partial charge in [0.05, 0.1) is 36.4 Å². The van der Waals surface area contributed by atoms with Crippen LogP contribution in [0, 0.1) is 11.8 Å². The molecule has 340 valence electrons. The number of alkyl halides is 1. The molecule has 0 saturated heterocycles. The van der Waals surface area contributed by atoms with Gasteiger partial charge in [0.15, 0.2) is 0 Å². The molecular formula is C43H65FN6O11. The molecular weight excluding hydrogens is 796 g/mol. The largest absolute Gasteiger partial charge is 0.481 e. The van der Waals surface area contributed by atoms with Crippen molar-refractivity contribution in [2.24, 2.45) is 22.0 Å². The summed E-state index contributed by atoms with van der Waals surface area (Å²) < 4.78 is 20.1. The minimum Gasteiger partial charge on any atom is -0.481 e. The van der Waals surface area contributed by atoms with Gasteiger partial charge in [-0.3, -0.25) is 14.4 Å². The van der Waals surface area contributed by atoms with Gasteiger partial charge in [0.25, 0.3) is 0 Å². The maximum atomic E-state index is 14.2. The number of amides is 4. The number of fused-ring (bicyclic) bond motifs is 1. The Balaban J connectivity index is 1.40. The number of ether oxygens (including phenoxy) is 1.